The molecule has 0 bridgehead atoms. The largest absolute Gasteiger partial charge is 0.323 e. The average molecular weight is 325 g/mol. The Hall–Kier alpha value is -2.04. The van der Waals surface area contributed by atoms with Crippen LogP contribution in [0.3, 0.4) is 0 Å². The number of urea groups is 1. The normalized spacial score (nSPS) is 10.6. The van der Waals surface area contributed by atoms with E-state index in [1.807, 2.05) is 18.2 Å². The predicted molar refractivity (Wildman–Crippen MR) is 84.1 cm³/mol. The second-order valence-corrected chi connectivity index (χ2v) is 4.90. The van der Waals surface area contributed by atoms with Crippen molar-refractivity contribution in [2.75, 3.05) is 5.32 Å². The smallest absolute Gasteiger partial charge is 0.314 e. The van der Waals surface area contributed by atoms with Crippen molar-refractivity contribution in [2.24, 2.45) is 0 Å². The highest BCUT2D eigenvalue weighted by molar-refractivity contribution is 6.32. The molecule has 0 fully saturated rings. The number of benzene rings is 2. The molecule has 6 heteroatoms. The number of amides is 2. The third-order valence-corrected chi connectivity index (χ3v) is 3.19. The van der Waals surface area contributed by atoms with E-state index in [4.69, 9.17) is 23.2 Å². The minimum absolute atomic E-state index is 0.0561. The summed E-state index contributed by atoms with van der Waals surface area (Å²) >= 11 is 11.6. The summed E-state index contributed by atoms with van der Waals surface area (Å²) in [5.74, 6) is -0.541. The van der Waals surface area contributed by atoms with Crippen LogP contribution >= 0.6 is 23.2 Å². The molecular weight excluding hydrogens is 314 g/mol. The molecule has 0 aliphatic heterocycles. The molecule has 0 aliphatic carbocycles. The topological polar surface area (TPSA) is 41.1 Å². The summed E-state index contributed by atoms with van der Waals surface area (Å²) in [6.45, 7) is 0. The Morgan fingerprint density at radius 1 is 1.10 bits per heavy atom. The SMILES string of the molecule is O=C(N/C=C/c1ccccc1Cl)Nc1ccc(F)c(Cl)c1. The number of halogens is 3. The van der Waals surface area contributed by atoms with Gasteiger partial charge in [-0.3, -0.25) is 0 Å². The molecule has 0 saturated carbocycles. The Labute approximate surface area is 131 Å². The maximum Gasteiger partial charge on any atom is 0.323 e. The molecule has 2 aromatic rings. The van der Waals surface area contributed by atoms with Crippen molar-refractivity contribution in [1.82, 2.24) is 5.32 Å². The van der Waals surface area contributed by atoms with Gasteiger partial charge in [0.25, 0.3) is 0 Å². The summed E-state index contributed by atoms with van der Waals surface area (Å²) in [6.07, 6.45) is 3.13. The lowest BCUT2D eigenvalue weighted by Gasteiger charge is -2.05. The van der Waals surface area contributed by atoms with Crippen LogP contribution in [0.2, 0.25) is 10.0 Å². The number of carbonyl (C=O) groups is 1. The lowest BCUT2D eigenvalue weighted by atomic mass is 10.2. The number of carbonyl (C=O) groups excluding carboxylic acids is 1. The van der Waals surface area contributed by atoms with Crippen molar-refractivity contribution in [3.8, 4) is 0 Å². The molecule has 0 heterocycles. The second kappa shape index (κ2) is 7.11. The van der Waals surface area contributed by atoms with Gasteiger partial charge in [-0.1, -0.05) is 41.4 Å². The van der Waals surface area contributed by atoms with Crippen LogP contribution < -0.4 is 10.6 Å². The minimum atomic E-state index is -0.541. The van der Waals surface area contributed by atoms with Crippen LogP contribution in [-0.2, 0) is 0 Å². The Balaban J connectivity index is 1.93. The van der Waals surface area contributed by atoms with Crippen molar-refractivity contribution in [3.05, 3.63) is 70.1 Å². The summed E-state index contributed by atoms with van der Waals surface area (Å²) in [7, 11) is 0. The van der Waals surface area contributed by atoms with E-state index in [9.17, 15) is 9.18 Å². The van der Waals surface area contributed by atoms with E-state index in [-0.39, 0.29) is 5.02 Å². The lowest BCUT2D eigenvalue weighted by molar-refractivity contribution is 0.255. The molecule has 0 aliphatic rings. The molecule has 0 aromatic heterocycles. The highest BCUT2D eigenvalue weighted by atomic mass is 35.5. The van der Waals surface area contributed by atoms with E-state index >= 15 is 0 Å². The number of hydrogen-bond acceptors (Lipinski definition) is 1. The predicted octanol–water partition coefficient (Wildman–Crippen LogP) is 4.92. The van der Waals surface area contributed by atoms with E-state index in [0.717, 1.165) is 5.56 Å². The number of rotatable bonds is 3. The fourth-order valence-electron chi connectivity index (χ4n) is 1.56. The molecule has 0 spiro atoms. The maximum absolute atomic E-state index is 13.0. The zero-order chi connectivity index (χ0) is 15.2. The summed E-state index contributed by atoms with van der Waals surface area (Å²) in [4.78, 5) is 11.6. The monoisotopic (exact) mass is 324 g/mol. The average Bonchev–Trinajstić information content (AvgIpc) is 2.45. The van der Waals surface area contributed by atoms with Crippen LogP contribution in [-0.4, -0.2) is 6.03 Å². The summed E-state index contributed by atoms with van der Waals surface area (Å²) in [5.41, 5.74) is 1.18. The molecule has 2 N–H and O–H groups in total. The van der Waals surface area contributed by atoms with Crippen molar-refractivity contribution in [2.45, 2.75) is 0 Å². The zero-order valence-electron chi connectivity index (χ0n) is 10.7. The highest BCUT2D eigenvalue weighted by Crippen LogP contribution is 2.19. The fraction of sp³-hybridized carbons (Fsp3) is 0. The first-order valence-electron chi connectivity index (χ1n) is 6.00. The second-order valence-electron chi connectivity index (χ2n) is 4.08. The third-order valence-electron chi connectivity index (χ3n) is 2.56. The molecule has 0 unspecified atom stereocenters. The number of anilines is 1. The minimum Gasteiger partial charge on any atom is -0.314 e. The molecule has 0 saturated heterocycles. The number of hydrogen-bond donors (Lipinski definition) is 2. The first-order valence-corrected chi connectivity index (χ1v) is 6.75. The molecule has 2 aromatic carbocycles. The van der Waals surface area contributed by atoms with E-state index < -0.39 is 11.8 Å². The Kier molecular flexibility index (Phi) is 5.20. The van der Waals surface area contributed by atoms with Gasteiger partial charge in [-0.05, 0) is 35.9 Å². The summed E-state index contributed by atoms with van der Waals surface area (Å²) < 4.78 is 13.0. The van der Waals surface area contributed by atoms with Crippen LogP contribution in [0.5, 0.6) is 0 Å². The van der Waals surface area contributed by atoms with E-state index in [1.165, 1.54) is 24.4 Å². The quantitative estimate of drug-likeness (QED) is 0.826. The van der Waals surface area contributed by atoms with Crippen molar-refractivity contribution >= 4 is 41.0 Å². The maximum atomic E-state index is 13.0. The molecule has 21 heavy (non-hydrogen) atoms. The molecule has 2 rings (SSSR count). The summed E-state index contributed by atoms with van der Waals surface area (Å²) in [6, 6.07) is 10.7. The standard InChI is InChI=1S/C15H11Cl2FN2O/c16-12-4-2-1-3-10(12)7-8-19-15(21)20-11-5-6-14(18)13(17)9-11/h1-9H,(H2,19,20,21)/b8-7+. The lowest BCUT2D eigenvalue weighted by Crippen LogP contribution is -2.23. The van der Waals surface area contributed by atoms with Gasteiger partial charge >= 0.3 is 6.03 Å². The van der Waals surface area contributed by atoms with E-state index in [1.54, 1.807) is 12.1 Å². The van der Waals surface area contributed by atoms with Crippen LogP contribution in [0.1, 0.15) is 5.56 Å². The first kappa shape index (κ1) is 15.4. The van der Waals surface area contributed by atoms with Crippen LogP contribution in [0.15, 0.2) is 48.7 Å². The van der Waals surface area contributed by atoms with Gasteiger partial charge in [0.2, 0.25) is 0 Å². The molecule has 3 nitrogen and oxygen atoms in total. The highest BCUT2D eigenvalue weighted by Gasteiger charge is 2.03. The van der Waals surface area contributed by atoms with Gasteiger partial charge in [0, 0.05) is 16.9 Å². The molecule has 108 valence electrons. The van der Waals surface area contributed by atoms with Gasteiger partial charge in [-0.2, -0.15) is 0 Å². The van der Waals surface area contributed by atoms with E-state index in [2.05, 4.69) is 10.6 Å². The van der Waals surface area contributed by atoms with Gasteiger partial charge < -0.3 is 10.6 Å². The third kappa shape index (κ3) is 4.48. The van der Waals surface area contributed by atoms with Gasteiger partial charge in [-0.15, -0.1) is 0 Å². The van der Waals surface area contributed by atoms with Gasteiger partial charge in [0.05, 0.1) is 5.02 Å². The molecular formula is C15H11Cl2FN2O. The van der Waals surface area contributed by atoms with Gasteiger partial charge in [0.1, 0.15) is 5.82 Å². The van der Waals surface area contributed by atoms with Crippen molar-refractivity contribution in [3.63, 3.8) is 0 Å². The van der Waals surface area contributed by atoms with Gasteiger partial charge in [-0.25, -0.2) is 9.18 Å². The Bertz CT molecular complexity index is 689. The van der Waals surface area contributed by atoms with Gasteiger partial charge in [0.15, 0.2) is 0 Å². The molecule has 0 radical (unpaired) electrons. The Morgan fingerprint density at radius 3 is 2.57 bits per heavy atom. The van der Waals surface area contributed by atoms with Crippen LogP contribution in [0.4, 0.5) is 14.9 Å². The van der Waals surface area contributed by atoms with Crippen LogP contribution in [0.25, 0.3) is 6.08 Å². The fourth-order valence-corrected chi connectivity index (χ4v) is 1.94. The van der Waals surface area contributed by atoms with Crippen molar-refractivity contribution < 1.29 is 9.18 Å². The molecule has 2 amide bonds. The van der Waals surface area contributed by atoms with E-state index in [0.29, 0.717) is 10.7 Å². The molecule has 0 atom stereocenters. The first-order chi connectivity index (χ1) is 10.1. The zero-order valence-corrected chi connectivity index (χ0v) is 12.3. The van der Waals surface area contributed by atoms with Crippen LogP contribution in [0, 0.1) is 5.82 Å². The van der Waals surface area contributed by atoms with Crippen molar-refractivity contribution in [1.29, 1.82) is 0 Å². The number of nitrogens with one attached hydrogen (secondary N) is 2. The summed E-state index contributed by atoms with van der Waals surface area (Å²) in [5, 5.41) is 5.57. The Morgan fingerprint density at radius 2 is 1.86 bits per heavy atom.